The quantitative estimate of drug-likeness (QED) is 0.552. The fourth-order valence-corrected chi connectivity index (χ4v) is 0.648. The van der Waals surface area contributed by atoms with Crippen LogP contribution in [0, 0.1) is 6.85 Å². The third-order valence-electron chi connectivity index (χ3n) is 0.474. The SMILES string of the molecule is [2H]c1nc(N)sc1C([2H])([2H])[2H]. The van der Waals surface area contributed by atoms with Crippen molar-refractivity contribution in [1.82, 2.24) is 4.98 Å². The molecule has 2 nitrogen and oxygen atoms in total. The first-order valence-electron chi connectivity index (χ1n) is 3.64. The number of nitrogen functional groups attached to an aromatic ring is 1. The second kappa shape index (κ2) is 1.50. The molecule has 0 aliphatic carbocycles. The van der Waals surface area contributed by atoms with Gasteiger partial charge < -0.3 is 5.73 Å². The van der Waals surface area contributed by atoms with Gasteiger partial charge in [-0.15, -0.1) is 11.3 Å². The van der Waals surface area contributed by atoms with Gasteiger partial charge in [-0.1, -0.05) is 0 Å². The van der Waals surface area contributed by atoms with Gasteiger partial charge >= 0.3 is 0 Å². The minimum absolute atomic E-state index is 0.0463. The maximum atomic E-state index is 7.11. The van der Waals surface area contributed by atoms with Crippen molar-refractivity contribution < 1.29 is 5.48 Å². The van der Waals surface area contributed by atoms with Crippen molar-refractivity contribution in [3.05, 3.63) is 11.1 Å². The van der Waals surface area contributed by atoms with Crippen molar-refractivity contribution in [1.29, 1.82) is 0 Å². The van der Waals surface area contributed by atoms with Crippen molar-refractivity contribution in [3.8, 4) is 0 Å². The highest BCUT2D eigenvalue weighted by Gasteiger charge is 1.86. The zero-order chi connectivity index (χ0) is 8.65. The fraction of sp³-hybridized carbons (Fsp3) is 0.250. The van der Waals surface area contributed by atoms with Gasteiger partial charge in [0.15, 0.2) is 5.13 Å². The molecule has 1 heterocycles. The van der Waals surface area contributed by atoms with Gasteiger partial charge in [0.05, 0.1) is 1.37 Å². The van der Waals surface area contributed by atoms with Crippen LogP contribution in [0.15, 0.2) is 6.17 Å². The lowest BCUT2D eigenvalue weighted by molar-refractivity contribution is 1.39. The Hall–Kier alpha value is -0.570. The molecule has 0 unspecified atom stereocenters. The first kappa shape index (κ1) is 1.74. The highest BCUT2D eigenvalue weighted by molar-refractivity contribution is 7.15. The Morgan fingerprint density at radius 3 is 3.43 bits per heavy atom. The molecule has 38 valence electrons. The number of thiazole rings is 1. The molecule has 0 spiro atoms. The average Bonchev–Trinajstić information content (AvgIpc) is 2.08. The maximum absolute atomic E-state index is 7.11. The summed E-state index contributed by atoms with van der Waals surface area (Å²) in [5.41, 5.74) is 5.21. The molecule has 0 aromatic carbocycles. The van der Waals surface area contributed by atoms with E-state index in [0.717, 1.165) is 11.3 Å². The van der Waals surface area contributed by atoms with Crippen LogP contribution in [0.25, 0.3) is 0 Å². The lowest BCUT2D eigenvalue weighted by Gasteiger charge is -1.70. The summed E-state index contributed by atoms with van der Waals surface area (Å²) < 4.78 is 28.0. The summed E-state index contributed by atoms with van der Waals surface area (Å²) >= 11 is 0.838. The predicted molar refractivity (Wildman–Crippen MR) is 31.3 cm³/mol. The zero-order valence-corrected chi connectivity index (χ0v) is 4.25. The van der Waals surface area contributed by atoms with E-state index in [1.807, 2.05) is 0 Å². The van der Waals surface area contributed by atoms with E-state index in [4.69, 9.17) is 11.2 Å². The molecule has 0 atom stereocenters. The van der Waals surface area contributed by atoms with E-state index in [1.54, 1.807) is 0 Å². The van der Waals surface area contributed by atoms with Gasteiger partial charge in [0.25, 0.3) is 0 Å². The molecule has 1 aromatic rings. The number of nitrogens with two attached hydrogens (primary N) is 1. The number of aromatic nitrogens is 1. The Morgan fingerprint density at radius 2 is 3.14 bits per heavy atom. The summed E-state index contributed by atoms with van der Waals surface area (Å²) in [6.07, 6.45) is -0.243. The number of hydrogen-bond donors (Lipinski definition) is 1. The van der Waals surface area contributed by atoms with Crippen LogP contribution in [0.1, 0.15) is 10.4 Å². The van der Waals surface area contributed by atoms with Crippen LogP contribution in [-0.2, 0) is 0 Å². The topological polar surface area (TPSA) is 38.9 Å². The molecule has 0 aliphatic rings. The van der Waals surface area contributed by atoms with Crippen LogP contribution in [0.2, 0.25) is 0 Å². The summed E-state index contributed by atoms with van der Waals surface area (Å²) in [4.78, 5) is 3.43. The first-order valence-corrected chi connectivity index (χ1v) is 2.46. The molecule has 3 heteroatoms. The summed E-state index contributed by atoms with van der Waals surface area (Å²) in [5.74, 6) is 0. The monoisotopic (exact) mass is 118 g/mol. The van der Waals surface area contributed by atoms with Gasteiger partial charge in [-0.25, -0.2) is 4.98 Å². The Balaban J connectivity index is 3.13. The predicted octanol–water partition coefficient (Wildman–Crippen LogP) is 1.03. The molecule has 0 bridgehead atoms. The van der Waals surface area contributed by atoms with Crippen LogP contribution in [0.3, 0.4) is 0 Å². The molecule has 0 saturated heterocycles. The van der Waals surface area contributed by atoms with Gasteiger partial charge in [0.2, 0.25) is 0 Å². The summed E-state index contributed by atoms with van der Waals surface area (Å²) in [5, 5.41) is 0.126. The molecule has 2 N–H and O–H groups in total. The number of hydrogen-bond acceptors (Lipinski definition) is 3. The van der Waals surface area contributed by atoms with E-state index < -0.39 is 6.85 Å². The Bertz CT molecular complexity index is 266. The maximum Gasteiger partial charge on any atom is 0.180 e. The van der Waals surface area contributed by atoms with Gasteiger partial charge in [-0.2, -0.15) is 0 Å². The molecule has 0 radical (unpaired) electrons. The third-order valence-corrected chi connectivity index (χ3v) is 1.07. The normalized spacial score (nSPS) is 19.4. The molecule has 0 fully saturated rings. The lowest BCUT2D eigenvalue weighted by atomic mass is 10.7. The van der Waals surface area contributed by atoms with E-state index >= 15 is 0 Å². The first-order chi connectivity index (χ1) is 4.91. The van der Waals surface area contributed by atoms with Crippen LogP contribution in [0.4, 0.5) is 5.13 Å². The average molecular weight is 118 g/mol. The summed E-state index contributed by atoms with van der Waals surface area (Å²) in [7, 11) is 0. The number of aryl methyl sites for hydroxylation is 1. The Labute approximate surface area is 51.6 Å². The number of rotatable bonds is 0. The number of anilines is 1. The smallest absolute Gasteiger partial charge is 0.180 e. The van der Waals surface area contributed by atoms with Gasteiger partial charge in [0.1, 0.15) is 0 Å². The van der Waals surface area contributed by atoms with Crippen molar-refractivity contribution in [2.24, 2.45) is 0 Å². The summed E-state index contributed by atoms with van der Waals surface area (Å²) in [6.45, 7) is -2.26. The summed E-state index contributed by atoms with van der Waals surface area (Å²) in [6, 6.07) is 0. The van der Waals surface area contributed by atoms with Gasteiger partial charge in [-0.05, 0) is 6.85 Å². The standard InChI is InChI=1S/C4H6N2S/c1-3-2-6-4(5)7-3/h2H,1H3,(H2,5,6)/i1D3,2D. The lowest BCUT2D eigenvalue weighted by Crippen LogP contribution is -1.77. The molecular formula is C4H6N2S. The molecule has 0 aliphatic heterocycles. The van der Waals surface area contributed by atoms with E-state index in [2.05, 4.69) is 4.98 Å². The highest BCUT2D eigenvalue weighted by Crippen LogP contribution is 2.11. The van der Waals surface area contributed by atoms with Gasteiger partial charge in [-0.3, -0.25) is 0 Å². The second-order valence-corrected chi connectivity index (χ2v) is 2.02. The van der Waals surface area contributed by atoms with Gasteiger partial charge in [0, 0.05) is 15.2 Å². The molecule has 0 saturated carbocycles. The van der Waals surface area contributed by atoms with Crippen molar-refractivity contribution in [3.63, 3.8) is 0 Å². The molecular weight excluding hydrogens is 108 g/mol. The van der Waals surface area contributed by atoms with E-state index in [1.165, 1.54) is 0 Å². The van der Waals surface area contributed by atoms with E-state index in [-0.39, 0.29) is 16.2 Å². The molecule has 0 amide bonds. The fourth-order valence-electron chi connectivity index (χ4n) is 0.256. The Kier molecular flexibility index (Phi) is 0.373. The number of nitrogens with zero attached hydrogens (tertiary/aromatic N) is 1. The van der Waals surface area contributed by atoms with Crippen LogP contribution >= 0.6 is 11.3 Å². The van der Waals surface area contributed by atoms with Crippen LogP contribution in [0.5, 0.6) is 0 Å². The van der Waals surface area contributed by atoms with Crippen LogP contribution in [-0.4, -0.2) is 4.98 Å². The minimum Gasteiger partial charge on any atom is -0.375 e. The largest absolute Gasteiger partial charge is 0.375 e. The molecule has 1 aromatic heterocycles. The minimum atomic E-state index is -2.26. The van der Waals surface area contributed by atoms with E-state index in [0.29, 0.717) is 0 Å². The Morgan fingerprint density at radius 1 is 2.29 bits per heavy atom. The van der Waals surface area contributed by atoms with Crippen LogP contribution < -0.4 is 5.73 Å². The second-order valence-electron chi connectivity index (χ2n) is 0.993. The van der Waals surface area contributed by atoms with Crippen molar-refractivity contribution >= 4 is 16.5 Å². The molecule has 1 rings (SSSR count). The highest BCUT2D eigenvalue weighted by atomic mass is 32.1. The van der Waals surface area contributed by atoms with Crippen molar-refractivity contribution in [2.45, 2.75) is 6.85 Å². The van der Waals surface area contributed by atoms with E-state index in [9.17, 15) is 0 Å². The van der Waals surface area contributed by atoms with Crippen molar-refractivity contribution in [2.75, 3.05) is 5.73 Å². The third kappa shape index (κ3) is 0.899. The molecule has 7 heavy (non-hydrogen) atoms. The zero-order valence-electron chi connectivity index (χ0n) is 7.43.